The van der Waals surface area contributed by atoms with Crippen LogP contribution in [0.1, 0.15) is 42.4 Å². The molecule has 1 aromatic heterocycles. The van der Waals surface area contributed by atoms with Gasteiger partial charge in [0.2, 0.25) is 0 Å². The predicted molar refractivity (Wildman–Crippen MR) is 126 cm³/mol. The van der Waals surface area contributed by atoms with Crippen LogP contribution in [0.3, 0.4) is 0 Å². The van der Waals surface area contributed by atoms with Crippen LogP contribution in [0.2, 0.25) is 0 Å². The van der Waals surface area contributed by atoms with E-state index < -0.39 is 0 Å². The lowest BCUT2D eigenvalue weighted by atomic mass is 9.72. The molecule has 1 unspecified atom stereocenters. The van der Waals surface area contributed by atoms with Crippen LogP contribution in [0.25, 0.3) is 10.9 Å². The Morgan fingerprint density at radius 3 is 2.72 bits per heavy atom. The van der Waals surface area contributed by atoms with E-state index in [9.17, 15) is 0 Å². The molecular weight excluding hydrogens is 372 g/mol. The van der Waals surface area contributed by atoms with Gasteiger partial charge in [0.1, 0.15) is 0 Å². The standard InChI is InChI=1S/C26H32N2S/c1-3-12-27-16-20(18-29-2)13-23-22-10-7-11-24-26(22)21(14-25(23)27)17-28(24)15-19-8-5-4-6-9-19/h4-11,17,20,23,25H,3,12-16,18H2,1-2H3/t20-,23?,25-/m1/s1. The van der Waals surface area contributed by atoms with Crippen molar-refractivity contribution < 1.29 is 0 Å². The van der Waals surface area contributed by atoms with Gasteiger partial charge in [-0.2, -0.15) is 11.8 Å². The number of fused-ring (bicyclic) bond motifs is 2. The third-order valence-corrected chi connectivity index (χ3v) is 7.77. The van der Waals surface area contributed by atoms with Crippen molar-refractivity contribution in [3.05, 3.63) is 71.4 Å². The first-order valence-corrected chi connectivity index (χ1v) is 12.6. The molecule has 0 amide bonds. The number of rotatable bonds is 6. The normalized spacial score (nSPS) is 24.0. The van der Waals surface area contributed by atoms with Crippen LogP contribution in [-0.4, -0.2) is 40.6 Å². The summed E-state index contributed by atoms with van der Waals surface area (Å²) in [5.41, 5.74) is 5.99. The zero-order chi connectivity index (χ0) is 19.8. The monoisotopic (exact) mass is 404 g/mol. The highest BCUT2D eigenvalue weighted by atomic mass is 32.2. The fourth-order valence-electron chi connectivity index (χ4n) is 5.89. The zero-order valence-corrected chi connectivity index (χ0v) is 18.5. The van der Waals surface area contributed by atoms with Gasteiger partial charge in [0.15, 0.2) is 0 Å². The third-order valence-electron chi connectivity index (χ3n) is 6.97. The predicted octanol–water partition coefficient (Wildman–Crippen LogP) is 5.79. The number of hydrogen-bond acceptors (Lipinski definition) is 2. The summed E-state index contributed by atoms with van der Waals surface area (Å²) in [5, 5.41) is 1.56. The molecule has 3 aromatic rings. The van der Waals surface area contributed by atoms with Gasteiger partial charge < -0.3 is 4.57 Å². The molecule has 1 fully saturated rings. The van der Waals surface area contributed by atoms with E-state index in [0.717, 1.165) is 12.5 Å². The fraction of sp³-hybridized carbons (Fsp3) is 0.462. The first-order chi connectivity index (χ1) is 14.3. The van der Waals surface area contributed by atoms with Gasteiger partial charge >= 0.3 is 0 Å². The van der Waals surface area contributed by atoms with E-state index in [4.69, 9.17) is 0 Å². The highest BCUT2D eigenvalue weighted by Gasteiger charge is 2.40. The first kappa shape index (κ1) is 19.3. The second-order valence-electron chi connectivity index (χ2n) is 8.94. The fourth-order valence-corrected chi connectivity index (χ4v) is 6.60. The van der Waals surface area contributed by atoms with Crippen molar-refractivity contribution >= 4 is 22.7 Å². The molecule has 152 valence electrons. The molecule has 1 saturated heterocycles. The molecule has 5 rings (SSSR count). The van der Waals surface area contributed by atoms with Crippen molar-refractivity contribution in [3.8, 4) is 0 Å². The van der Waals surface area contributed by atoms with Gasteiger partial charge in [0.05, 0.1) is 0 Å². The number of aromatic nitrogens is 1. The average molecular weight is 405 g/mol. The first-order valence-electron chi connectivity index (χ1n) is 11.2. The van der Waals surface area contributed by atoms with E-state index in [0.29, 0.717) is 12.0 Å². The topological polar surface area (TPSA) is 8.17 Å². The van der Waals surface area contributed by atoms with Gasteiger partial charge in [-0.15, -0.1) is 0 Å². The molecular formula is C26H32N2S. The SMILES string of the molecule is CCCN1C[C@H](CSC)CC2c3cccc4c3c(cn4Cc3ccccc3)C[C@H]21. The molecule has 2 heterocycles. The molecule has 0 spiro atoms. The van der Waals surface area contributed by atoms with Crippen molar-refractivity contribution in [1.82, 2.24) is 9.47 Å². The summed E-state index contributed by atoms with van der Waals surface area (Å²) >= 11 is 2.02. The zero-order valence-electron chi connectivity index (χ0n) is 17.7. The lowest BCUT2D eigenvalue weighted by Gasteiger charge is -2.47. The van der Waals surface area contributed by atoms with Crippen LogP contribution in [-0.2, 0) is 13.0 Å². The number of likely N-dealkylation sites (tertiary alicyclic amines) is 1. The summed E-state index contributed by atoms with van der Waals surface area (Å²) in [6, 6.07) is 18.6. The summed E-state index contributed by atoms with van der Waals surface area (Å²) in [6.07, 6.45) is 8.54. The molecule has 29 heavy (non-hydrogen) atoms. The van der Waals surface area contributed by atoms with Gasteiger partial charge in [-0.25, -0.2) is 0 Å². The molecule has 0 saturated carbocycles. The van der Waals surface area contributed by atoms with Gasteiger partial charge in [0.25, 0.3) is 0 Å². The Bertz CT molecular complexity index is 977. The van der Waals surface area contributed by atoms with Crippen molar-refractivity contribution in [1.29, 1.82) is 0 Å². The third kappa shape index (κ3) is 3.53. The molecule has 0 N–H and O–H groups in total. The molecule has 1 aliphatic heterocycles. The van der Waals surface area contributed by atoms with E-state index >= 15 is 0 Å². The Kier molecular flexibility index (Phi) is 5.45. The van der Waals surface area contributed by atoms with Crippen molar-refractivity contribution in [2.45, 2.75) is 44.7 Å². The molecule has 3 atom stereocenters. The highest BCUT2D eigenvalue weighted by Crippen LogP contribution is 2.45. The summed E-state index contributed by atoms with van der Waals surface area (Å²) in [5.74, 6) is 2.80. The Labute approximate surface area is 179 Å². The summed E-state index contributed by atoms with van der Waals surface area (Å²) in [4.78, 5) is 2.82. The van der Waals surface area contributed by atoms with E-state index in [2.05, 4.69) is 77.4 Å². The Balaban J connectivity index is 1.55. The van der Waals surface area contributed by atoms with Crippen LogP contribution in [0, 0.1) is 5.92 Å². The molecule has 2 nitrogen and oxygen atoms in total. The van der Waals surface area contributed by atoms with E-state index in [1.54, 1.807) is 16.5 Å². The van der Waals surface area contributed by atoms with Gasteiger partial charge in [0, 0.05) is 42.1 Å². The van der Waals surface area contributed by atoms with Gasteiger partial charge in [-0.3, -0.25) is 4.90 Å². The molecule has 2 aromatic carbocycles. The minimum Gasteiger partial charge on any atom is -0.343 e. The van der Waals surface area contributed by atoms with Gasteiger partial charge in [-0.1, -0.05) is 49.4 Å². The largest absolute Gasteiger partial charge is 0.343 e. The maximum Gasteiger partial charge on any atom is 0.0489 e. The second kappa shape index (κ2) is 8.20. The minimum absolute atomic E-state index is 0.679. The molecule has 0 radical (unpaired) electrons. The van der Waals surface area contributed by atoms with Crippen LogP contribution in [0.4, 0.5) is 0 Å². The maximum absolute atomic E-state index is 2.82. The average Bonchev–Trinajstić information content (AvgIpc) is 3.09. The molecule has 2 aliphatic rings. The van der Waals surface area contributed by atoms with Crippen molar-refractivity contribution in [2.24, 2.45) is 5.92 Å². The summed E-state index contributed by atoms with van der Waals surface area (Å²) in [6.45, 7) is 5.82. The number of nitrogens with zero attached hydrogens (tertiary/aromatic N) is 2. The Morgan fingerprint density at radius 1 is 1.07 bits per heavy atom. The van der Waals surface area contributed by atoms with Crippen LogP contribution < -0.4 is 0 Å². The highest BCUT2D eigenvalue weighted by molar-refractivity contribution is 7.98. The number of hydrogen-bond donors (Lipinski definition) is 0. The second-order valence-corrected chi connectivity index (χ2v) is 9.85. The molecule has 3 heteroatoms. The van der Waals surface area contributed by atoms with Gasteiger partial charge in [-0.05, 0) is 66.5 Å². The molecule has 0 bridgehead atoms. The van der Waals surface area contributed by atoms with Crippen molar-refractivity contribution in [2.75, 3.05) is 25.1 Å². The number of thioether (sulfide) groups is 1. The van der Waals surface area contributed by atoms with E-state index in [1.165, 1.54) is 49.2 Å². The summed E-state index contributed by atoms with van der Waals surface area (Å²) < 4.78 is 2.49. The lowest BCUT2D eigenvalue weighted by Crippen LogP contribution is -2.50. The minimum atomic E-state index is 0.679. The smallest absolute Gasteiger partial charge is 0.0489 e. The van der Waals surface area contributed by atoms with Crippen molar-refractivity contribution in [3.63, 3.8) is 0 Å². The van der Waals surface area contributed by atoms with Crippen LogP contribution in [0.5, 0.6) is 0 Å². The quantitative estimate of drug-likeness (QED) is 0.513. The summed E-state index contributed by atoms with van der Waals surface area (Å²) in [7, 11) is 0. The maximum atomic E-state index is 2.82. The molecule has 1 aliphatic carbocycles. The number of benzene rings is 2. The Hall–Kier alpha value is -1.71. The van der Waals surface area contributed by atoms with E-state index in [-0.39, 0.29) is 0 Å². The van der Waals surface area contributed by atoms with Crippen LogP contribution in [0.15, 0.2) is 54.7 Å². The number of piperidine rings is 1. The lowest BCUT2D eigenvalue weighted by molar-refractivity contribution is 0.0926. The Morgan fingerprint density at radius 2 is 1.93 bits per heavy atom. The van der Waals surface area contributed by atoms with Crippen LogP contribution >= 0.6 is 11.8 Å². The van der Waals surface area contributed by atoms with E-state index in [1.807, 2.05) is 11.8 Å².